The molecule has 0 amide bonds. The van der Waals surface area contributed by atoms with Crippen molar-refractivity contribution in [3.63, 3.8) is 0 Å². The summed E-state index contributed by atoms with van der Waals surface area (Å²) in [6, 6.07) is 9.16. The Bertz CT molecular complexity index is 991. The number of carbonyl (C=O) groups excluding carboxylic acids is 2. The molecule has 0 spiro atoms. The monoisotopic (exact) mass is 390 g/mol. The van der Waals surface area contributed by atoms with Gasteiger partial charge in [0.25, 0.3) is 0 Å². The van der Waals surface area contributed by atoms with Crippen LogP contribution >= 0.6 is 7.60 Å². The fourth-order valence-electron chi connectivity index (χ4n) is 3.56. The zero-order valence-electron chi connectivity index (χ0n) is 14.1. The second kappa shape index (κ2) is 6.20. The highest BCUT2D eigenvalue weighted by Gasteiger charge is 2.50. The zero-order valence-corrected chi connectivity index (χ0v) is 15.0. The van der Waals surface area contributed by atoms with E-state index < -0.39 is 30.9 Å². The molecule has 2 N–H and O–H groups in total. The summed E-state index contributed by atoms with van der Waals surface area (Å²) < 4.78 is 27.4. The molecule has 140 valence electrons. The van der Waals surface area contributed by atoms with Crippen LogP contribution in [0, 0.1) is 0 Å². The van der Waals surface area contributed by atoms with Crippen molar-refractivity contribution in [2.45, 2.75) is 11.6 Å². The molecule has 0 aromatic heterocycles. The van der Waals surface area contributed by atoms with Crippen LogP contribution < -0.4 is 9.47 Å². The summed E-state index contributed by atoms with van der Waals surface area (Å²) in [7, 11) is -3.50. The Morgan fingerprint density at radius 2 is 1.78 bits per heavy atom. The van der Waals surface area contributed by atoms with Gasteiger partial charge in [-0.3, -0.25) is 9.36 Å². The first-order chi connectivity index (χ1) is 12.8. The third kappa shape index (κ3) is 2.82. The van der Waals surface area contributed by atoms with E-state index >= 15 is 0 Å². The molecule has 4 rings (SSSR count). The molecule has 2 unspecified atom stereocenters. The molecule has 0 radical (unpaired) electrons. The van der Waals surface area contributed by atoms with Crippen molar-refractivity contribution in [1.82, 2.24) is 0 Å². The number of esters is 1. The fraction of sp³-hybridized carbons (Fsp3) is 0.222. The Morgan fingerprint density at radius 3 is 2.37 bits per heavy atom. The number of hydrogen-bond donors (Lipinski definition) is 2. The van der Waals surface area contributed by atoms with Gasteiger partial charge in [-0.2, -0.15) is 0 Å². The van der Waals surface area contributed by atoms with Crippen LogP contribution in [0.15, 0.2) is 36.4 Å². The summed E-state index contributed by atoms with van der Waals surface area (Å²) in [5, 5.41) is 0. The number of fused-ring (bicyclic) bond motifs is 2. The predicted octanol–water partition coefficient (Wildman–Crippen LogP) is 2.08. The Hall–Kier alpha value is -2.67. The number of ketones is 1. The summed E-state index contributed by atoms with van der Waals surface area (Å²) in [6.07, 6.45) is 0. The quantitative estimate of drug-likeness (QED) is 0.604. The third-order valence-corrected chi connectivity index (χ3v) is 6.04. The second-order valence-corrected chi connectivity index (χ2v) is 8.02. The number of rotatable bonds is 3. The van der Waals surface area contributed by atoms with Crippen molar-refractivity contribution in [3.05, 3.63) is 58.7 Å². The lowest BCUT2D eigenvalue weighted by Gasteiger charge is -2.21. The van der Waals surface area contributed by atoms with Crippen molar-refractivity contribution in [1.29, 1.82) is 0 Å². The van der Waals surface area contributed by atoms with Gasteiger partial charge in [-0.05, 0) is 35.4 Å². The molecule has 2 aromatic carbocycles. The van der Waals surface area contributed by atoms with Gasteiger partial charge in [0.05, 0.1) is 12.7 Å². The number of carbonyl (C=O) groups is 2. The van der Waals surface area contributed by atoms with Crippen LogP contribution in [0.1, 0.15) is 37.8 Å². The van der Waals surface area contributed by atoms with Gasteiger partial charge in [0, 0.05) is 11.5 Å². The topological polar surface area (TPSA) is 119 Å². The summed E-state index contributed by atoms with van der Waals surface area (Å²) >= 11 is 0. The van der Waals surface area contributed by atoms with Crippen molar-refractivity contribution in [2.24, 2.45) is 0 Å². The minimum Gasteiger partial charge on any atom is -0.465 e. The summed E-state index contributed by atoms with van der Waals surface area (Å²) in [6.45, 7) is 0.0207. The van der Waals surface area contributed by atoms with Gasteiger partial charge in [0.2, 0.25) is 6.79 Å². The molecule has 2 aliphatic rings. The normalized spacial score (nSPS) is 20.5. The molecular formula is C18H15O8P. The molecule has 2 atom stereocenters. The molecule has 27 heavy (non-hydrogen) atoms. The fourth-order valence-corrected chi connectivity index (χ4v) is 4.73. The number of hydrogen-bond acceptors (Lipinski definition) is 6. The maximum absolute atomic E-state index is 12.8. The minimum absolute atomic E-state index is 0.0207. The minimum atomic E-state index is -4.75. The van der Waals surface area contributed by atoms with Crippen LogP contribution in [-0.4, -0.2) is 41.1 Å². The van der Waals surface area contributed by atoms with Crippen LogP contribution in [0.3, 0.4) is 0 Å². The molecule has 1 aliphatic carbocycles. The maximum Gasteiger partial charge on any atom is 0.337 e. The first kappa shape index (κ1) is 17.7. The lowest BCUT2D eigenvalue weighted by Crippen LogP contribution is -2.21. The Labute approximate surface area is 153 Å². The van der Waals surface area contributed by atoms with Crippen LogP contribution in [0.2, 0.25) is 0 Å². The van der Waals surface area contributed by atoms with Gasteiger partial charge in [0.1, 0.15) is 5.66 Å². The van der Waals surface area contributed by atoms with E-state index in [2.05, 4.69) is 4.74 Å². The number of benzene rings is 2. The number of ether oxygens (including phenoxy) is 3. The average molecular weight is 390 g/mol. The standard InChI is InChI=1S/C18H15O8P/c1-24-18(20)10-4-2-9(3-5-10)15-11-6-13-14(26-8-25-13)7-12(11)16(19)17(15)27(21,22)23/h2-7,15,17H,8H2,1H3,(H2,21,22,23). The van der Waals surface area contributed by atoms with Gasteiger partial charge >= 0.3 is 13.6 Å². The van der Waals surface area contributed by atoms with E-state index in [0.29, 0.717) is 28.2 Å². The van der Waals surface area contributed by atoms with Crippen molar-refractivity contribution < 1.29 is 38.2 Å². The van der Waals surface area contributed by atoms with E-state index in [9.17, 15) is 23.9 Å². The number of methoxy groups -OCH3 is 1. The first-order valence-electron chi connectivity index (χ1n) is 8.02. The van der Waals surface area contributed by atoms with Crippen molar-refractivity contribution in [2.75, 3.05) is 13.9 Å². The lowest BCUT2D eigenvalue weighted by atomic mass is 9.92. The summed E-state index contributed by atoms with van der Waals surface area (Å²) in [5.41, 5.74) is -0.0804. The first-order valence-corrected chi connectivity index (χ1v) is 9.70. The third-order valence-electron chi connectivity index (χ3n) is 4.78. The van der Waals surface area contributed by atoms with E-state index in [1.165, 1.54) is 25.3 Å². The van der Waals surface area contributed by atoms with Crippen LogP contribution in [0.4, 0.5) is 0 Å². The van der Waals surface area contributed by atoms with Gasteiger partial charge in [0.15, 0.2) is 17.3 Å². The van der Waals surface area contributed by atoms with Gasteiger partial charge < -0.3 is 24.0 Å². The van der Waals surface area contributed by atoms with Crippen LogP contribution in [0.25, 0.3) is 0 Å². The second-order valence-electron chi connectivity index (χ2n) is 6.28. The van der Waals surface area contributed by atoms with E-state index in [0.717, 1.165) is 0 Å². The SMILES string of the molecule is COC(=O)c1ccc(C2c3cc4c(cc3C(=O)C2P(=O)(O)O)OCO4)cc1. The summed E-state index contributed by atoms with van der Waals surface area (Å²) in [5.74, 6) is -1.25. The lowest BCUT2D eigenvalue weighted by molar-refractivity contribution is 0.0600. The molecule has 8 nitrogen and oxygen atoms in total. The van der Waals surface area contributed by atoms with Crippen molar-refractivity contribution in [3.8, 4) is 11.5 Å². The molecule has 0 saturated carbocycles. The highest BCUT2D eigenvalue weighted by atomic mass is 31.2. The van der Waals surface area contributed by atoms with E-state index in [1.54, 1.807) is 18.2 Å². The van der Waals surface area contributed by atoms with E-state index in [1.807, 2.05) is 0 Å². The van der Waals surface area contributed by atoms with Gasteiger partial charge in [-0.15, -0.1) is 0 Å². The molecule has 0 saturated heterocycles. The van der Waals surface area contributed by atoms with Crippen molar-refractivity contribution >= 4 is 19.3 Å². The zero-order chi connectivity index (χ0) is 19.3. The Kier molecular flexibility index (Phi) is 4.07. The van der Waals surface area contributed by atoms with Crippen LogP contribution in [-0.2, 0) is 9.30 Å². The highest BCUT2D eigenvalue weighted by Crippen LogP contribution is 2.57. The molecule has 0 fully saturated rings. The smallest absolute Gasteiger partial charge is 0.337 e. The molecular weight excluding hydrogens is 375 g/mol. The predicted molar refractivity (Wildman–Crippen MR) is 92.4 cm³/mol. The highest BCUT2D eigenvalue weighted by molar-refractivity contribution is 7.54. The molecule has 0 bridgehead atoms. The Balaban J connectivity index is 1.85. The largest absolute Gasteiger partial charge is 0.465 e. The summed E-state index contributed by atoms with van der Waals surface area (Å²) in [4.78, 5) is 44.1. The van der Waals surface area contributed by atoms with Gasteiger partial charge in [-0.1, -0.05) is 12.1 Å². The van der Waals surface area contributed by atoms with Gasteiger partial charge in [-0.25, -0.2) is 4.79 Å². The van der Waals surface area contributed by atoms with Crippen LogP contribution in [0.5, 0.6) is 11.5 Å². The molecule has 9 heteroatoms. The van der Waals surface area contributed by atoms with E-state index in [4.69, 9.17) is 9.47 Å². The molecule has 1 aliphatic heterocycles. The number of Topliss-reactive ketones (excluding diaryl/α,β-unsaturated/α-hetero) is 1. The van der Waals surface area contributed by atoms with E-state index in [-0.39, 0.29) is 12.4 Å². The Morgan fingerprint density at radius 1 is 1.15 bits per heavy atom. The maximum atomic E-state index is 12.8. The average Bonchev–Trinajstić information content (AvgIpc) is 3.21. The molecule has 2 aromatic rings. The molecule has 1 heterocycles.